The third kappa shape index (κ3) is 6.10. The van der Waals surface area contributed by atoms with Gasteiger partial charge in [-0.1, -0.05) is 32.9 Å². The molecular weight excluding hydrogens is 405 g/mol. The Morgan fingerprint density at radius 1 is 0.935 bits per heavy atom. The normalized spacial score (nSPS) is 11.5. The Labute approximate surface area is 179 Å². The fourth-order valence-electron chi connectivity index (χ4n) is 2.82. The SMILES string of the molecule is CCCOc1ccc(Nc2nc(Nc3ccc(C(C)C)cc3)ncc2C(F)(F)F)cc1. The minimum atomic E-state index is -4.59. The minimum absolute atomic E-state index is 0.0655. The lowest BCUT2D eigenvalue weighted by Crippen LogP contribution is -2.12. The van der Waals surface area contributed by atoms with Crippen LogP contribution in [0.5, 0.6) is 5.75 Å². The van der Waals surface area contributed by atoms with Gasteiger partial charge in [0.2, 0.25) is 5.95 Å². The molecule has 2 aromatic carbocycles. The van der Waals surface area contributed by atoms with Crippen molar-refractivity contribution in [1.82, 2.24) is 9.97 Å². The first-order valence-electron chi connectivity index (χ1n) is 10.1. The Hall–Kier alpha value is -3.29. The maximum absolute atomic E-state index is 13.5. The second-order valence-electron chi connectivity index (χ2n) is 7.35. The predicted octanol–water partition coefficient (Wildman–Crippen LogP) is 6.89. The van der Waals surface area contributed by atoms with E-state index in [-0.39, 0.29) is 11.8 Å². The molecule has 1 aromatic heterocycles. The standard InChI is InChI=1S/C23H25F3N4O/c1-4-13-31-19-11-9-17(10-12-19)28-21-20(23(24,25)26)14-27-22(30-21)29-18-7-5-16(6-8-18)15(2)3/h5-12,14-15H,4,13H2,1-3H3,(H2,27,28,29,30). The van der Waals surface area contributed by atoms with Crippen LogP contribution in [0.1, 0.15) is 44.2 Å². The van der Waals surface area contributed by atoms with Crippen LogP contribution in [0.25, 0.3) is 0 Å². The topological polar surface area (TPSA) is 59.1 Å². The fraction of sp³-hybridized carbons (Fsp3) is 0.304. The Morgan fingerprint density at radius 2 is 1.55 bits per heavy atom. The summed E-state index contributed by atoms with van der Waals surface area (Å²) in [5, 5.41) is 5.70. The van der Waals surface area contributed by atoms with Crippen molar-refractivity contribution in [2.75, 3.05) is 17.2 Å². The summed E-state index contributed by atoms with van der Waals surface area (Å²) >= 11 is 0. The van der Waals surface area contributed by atoms with Gasteiger partial charge in [0.1, 0.15) is 17.1 Å². The van der Waals surface area contributed by atoms with Crippen LogP contribution < -0.4 is 15.4 Å². The number of aromatic nitrogens is 2. The molecule has 0 saturated carbocycles. The average Bonchev–Trinajstić information content (AvgIpc) is 2.73. The first-order chi connectivity index (χ1) is 14.8. The summed E-state index contributed by atoms with van der Waals surface area (Å²) in [5.41, 5.74) is 1.36. The summed E-state index contributed by atoms with van der Waals surface area (Å²) in [7, 11) is 0. The van der Waals surface area contributed by atoms with E-state index in [1.54, 1.807) is 24.3 Å². The molecule has 0 amide bonds. The molecule has 0 aliphatic carbocycles. The van der Waals surface area contributed by atoms with Gasteiger partial charge in [-0.2, -0.15) is 18.2 Å². The van der Waals surface area contributed by atoms with Gasteiger partial charge in [0.05, 0.1) is 6.61 Å². The average molecular weight is 430 g/mol. The monoisotopic (exact) mass is 430 g/mol. The molecule has 0 aliphatic heterocycles. The number of halogens is 3. The van der Waals surface area contributed by atoms with Crippen LogP contribution in [0.3, 0.4) is 0 Å². The third-order valence-electron chi connectivity index (χ3n) is 4.52. The van der Waals surface area contributed by atoms with Crippen molar-refractivity contribution in [3.05, 3.63) is 65.9 Å². The van der Waals surface area contributed by atoms with Crippen LogP contribution in [0.15, 0.2) is 54.7 Å². The molecule has 3 rings (SSSR count). The van der Waals surface area contributed by atoms with Crippen LogP contribution in [-0.2, 0) is 6.18 Å². The van der Waals surface area contributed by atoms with E-state index in [0.717, 1.165) is 18.2 Å². The van der Waals surface area contributed by atoms with Gasteiger partial charge in [0.15, 0.2) is 0 Å². The highest BCUT2D eigenvalue weighted by atomic mass is 19.4. The largest absolute Gasteiger partial charge is 0.494 e. The van der Waals surface area contributed by atoms with E-state index in [2.05, 4.69) is 34.4 Å². The molecule has 0 atom stereocenters. The number of ether oxygens (including phenoxy) is 1. The molecule has 1 heterocycles. The van der Waals surface area contributed by atoms with E-state index in [9.17, 15) is 13.2 Å². The zero-order chi connectivity index (χ0) is 22.4. The zero-order valence-corrected chi connectivity index (χ0v) is 17.6. The summed E-state index contributed by atoms with van der Waals surface area (Å²) < 4.78 is 45.9. The van der Waals surface area contributed by atoms with Gasteiger partial charge in [0.25, 0.3) is 0 Å². The fourth-order valence-corrected chi connectivity index (χ4v) is 2.82. The number of nitrogens with one attached hydrogen (secondary N) is 2. The molecule has 0 aliphatic rings. The Bertz CT molecular complexity index is 987. The summed E-state index contributed by atoms with van der Waals surface area (Å²) in [6, 6.07) is 14.3. The molecule has 0 radical (unpaired) electrons. The smallest absolute Gasteiger partial charge is 0.421 e. The van der Waals surface area contributed by atoms with Crippen LogP contribution in [0.2, 0.25) is 0 Å². The maximum atomic E-state index is 13.5. The lowest BCUT2D eigenvalue weighted by Gasteiger charge is -2.15. The Morgan fingerprint density at radius 3 is 2.13 bits per heavy atom. The Balaban J connectivity index is 1.83. The van der Waals surface area contributed by atoms with Gasteiger partial charge >= 0.3 is 6.18 Å². The van der Waals surface area contributed by atoms with Crippen molar-refractivity contribution in [1.29, 1.82) is 0 Å². The first kappa shape index (κ1) is 22.4. The second-order valence-corrected chi connectivity index (χ2v) is 7.35. The van der Waals surface area contributed by atoms with Crippen LogP contribution in [0, 0.1) is 0 Å². The van der Waals surface area contributed by atoms with Crippen molar-refractivity contribution in [3.8, 4) is 5.75 Å². The molecule has 2 N–H and O–H groups in total. The van der Waals surface area contributed by atoms with E-state index in [1.165, 1.54) is 0 Å². The molecule has 164 valence electrons. The predicted molar refractivity (Wildman–Crippen MR) is 116 cm³/mol. The molecular formula is C23H25F3N4O. The van der Waals surface area contributed by atoms with Gasteiger partial charge in [-0.3, -0.25) is 0 Å². The molecule has 0 spiro atoms. The Kier molecular flexibility index (Phi) is 6.99. The number of rotatable bonds is 8. The van der Waals surface area contributed by atoms with E-state index < -0.39 is 11.7 Å². The van der Waals surface area contributed by atoms with Crippen molar-refractivity contribution >= 4 is 23.1 Å². The minimum Gasteiger partial charge on any atom is -0.494 e. The molecule has 3 aromatic rings. The highest BCUT2D eigenvalue weighted by Crippen LogP contribution is 2.35. The molecule has 0 fully saturated rings. The van der Waals surface area contributed by atoms with Crippen LogP contribution >= 0.6 is 0 Å². The van der Waals surface area contributed by atoms with E-state index in [1.807, 2.05) is 31.2 Å². The molecule has 5 nitrogen and oxygen atoms in total. The quantitative estimate of drug-likeness (QED) is 0.407. The summed E-state index contributed by atoms with van der Waals surface area (Å²) in [4.78, 5) is 7.92. The number of hydrogen-bond donors (Lipinski definition) is 2. The number of benzene rings is 2. The lowest BCUT2D eigenvalue weighted by atomic mass is 10.0. The summed E-state index contributed by atoms with van der Waals surface area (Å²) in [6.45, 7) is 6.74. The van der Waals surface area contributed by atoms with Gasteiger partial charge < -0.3 is 15.4 Å². The molecule has 0 saturated heterocycles. The van der Waals surface area contributed by atoms with Crippen molar-refractivity contribution < 1.29 is 17.9 Å². The maximum Gasteiger partial charge on any atom is 0.421 e. The summed E-state index contributed by atoms with van der Waals surface area (Å²) in [6.07, 6.45) is -2.95. The van der Waals surface area contributed by atoms with Crippen molar-refractivity contribution in [2.24, 2.45) is 0 Å². The first-order valence-corrected chi connectivity index (χ1v) is 10.1. The molecule has 8 heteroatoms. The highest BCUT2D eigenvalue weighted by Gasteiger charge is 2.35. The number of nitrogens with zero attached hydrogens (tertiary/aromatic N) is 2. The van der Waals surface area contributed by atoms with E-state index in [0.29, 0.717) is 29.6 Å². The van der Waals surface area contributed by atoms with Gasteiger partial charge in [-0.25, -0.2) is 4.98 Å². The molecule has 31 heavy (non-hydrogen) atoms. The highest BCUT2D eigenvalue weighted by molar-refractivity contribution is 5.63. The van der Waals surface area contributed by atoms with E-state index in [4.69, 9.17) is 4.74 Å². The number of alkyl halides is 3. The van der Waals surface area contributed by atoms with Crippen LogP contribution in [0.4, 0.5) is 36.3 Å². The number of hydrogen-bond acceptors (Lipinski definition) is 5. The van der Waals surface area contributed by atoms with E-state index >= 15 is 0 Å². The lowest BCUT2D eigenvalue weighted by molar-refractivity contribution is -0.137. The summed E-state index contributed by atoms with van der Waals surface area (Å²) in [5.74, 6) is 0.769. The van der Waals surface area contributed by atoms with Gasteiger partial charge in [-0.05, 0) is 54.3 Å². The van der Waals surface area contributed by atoms with Gasteiger partial charge in [0, 0.05) is 17.6 Å². The van der Waals surface area contributed by atoms with Crippen molar-refractivity contribution in [2.45, 2.75) is 39.3 Å². The molecule has 0 bridgehead atoms. The second kappa shape index (κ2) is 9.68. The number of anilines is 4. The molecule has 0 unspecified atom stereocenters. The van der Waals surface area contributed by atoms with Crippen LogP contribution in [-0.4, -0.2) is 16.6 Å². The zero-order valence-electron chi connectivity index (χ0n) is 17.6. The van der Waals surface area contributed by atoms with Crippen molar-refractivity contribution in [3.63, 3.8) is 0 Å². The van der Waals surface area contributed by atoms with Gasteiger partial charge in [-0.15, -0.1) is 0 Å². The third-order valence-corrected chi connectivity index (χ3v) is 4.52.